The van der Waals surface area contributed by atoms with Crippen molar-refractivity contribution in [2.75, 3.05) is 13.2 Å². The zero-order valence-corrected chi connectivity index (χ0v) is 60.3. The number of amides is 1. The van der Waals surface area contributed by atoms with Gasteiger partial charge in [-0.3, -0.25) is 9.59 Å². The summed E-state index contributed by atoms with van der Waals surface area (Å²) in [7, 11) is 0. The Morgan fingerprint density at radius 3 is 0.807 bits per heavy atom. The van der Waals surface area contributed by atoms with Gasteiger partial charge in [-0.15, -0.1) is 0 Å². The zero-order chi connectivity index (χ0) is 63.5. The molecule has 0 spiro atoms. The molecule has 6 nitrogen and oxygen atoms in total. The minimum Gasteiger partial charge on any atom is -0.466 e. The highest BCUT2D eigenvalue weighted by Crippen LogP contribution is 2.21. The zero-order valence-electron chi connectivity index (χ0n) is 60.3. The lowest BCUT2D eigenvalue weighted by Crippen LogP contribution is -2.45. The number of carbonyl (C=O) groups is 2. The fourth-order valence-electron chi connectivity index (χ4n) is 13.3. The van der Waals surface area contributed by atoms with Gasteiger partial charge in [-0.05, 0) is 51.4 Å². The van der Waals surface area contributed by atoms with Gasteiger partial charge >= 0.3 is 5.97 Å². The van der Waals surface area contributed by atoms with Crippen molar-refractivity contribution in [3.05, 3.63) is 12.2 Å². The van der Waals surface area contributed by atoms with Crippen LogP contribution in [0.15, 0.2) is 12.2 Å². The average Bonchev–Trinajstić information content (AvgIpc) is 3.58. The maximum Gasteiger partial charge on any atom is 0.305 e. The summed E-state index contributed by atoms with van der Waals surface area (Å²) >= 11 is 0. The van der Waals surface area contributed by atoms with E-state index in [1.165, 1.54) is 405 Å². The van der Waals surface area contributed by atoms with Crippen LogP contribution in [0, 0.1) is 0 Å². The number of aliphatic hydroxyl groups is 2. The molecule has 0 saturated carbocycles. The third kappa shape index (κ3) is 73.6. The molecule has 6 heteroatoms. The van der Waals surface area contributed by atoms with E-state index < -0.39 is 12.1 Å². The molecule has 3 N–H and O–H groups in total. The number of carbonyl (C=O) groups excluding carboxylic acids is 2. The van der Waals surface area contributed by atoms with Crippen LogP contribution in [-0.4, -0.2) is 47.4 Å². The second-order valence-corrected chi connectivity index (χ2v) is 28.5. The Labute approximate surface area is 552 Å². The molecule has 0 aromatic carbocycles. The number of hydrogen-bond donors (Lipinski definition) is 3. The molecule has 0 heterocycles. The first kappa shape index (κ1) is 86.6. The van der Waals surface area contributed by atoms with Gasteiger partial charge in [-0.2, -0.15) is 0 Å². The lowest BCUT2D eigenvalue weighted by molar-refractivity contribution is -0.143. The largest absolute Gasteiger partial charge is 0.466 e. The van der Waals surface area contributed by atoms with Crippen molar-refractivity contribution < 1.29 is 24.5 Å². The number of nitrogens with one attached hydrogen (secondary N) is 1. The van der Waals surface area contributed by atoms with E-state index in [1.807, 2.05) is 0 Å². The summed E-state index contributed by atoms with van der Waals surface area (Å²) in [6.07, 6.45) is 98.9. The molecule has 0 radical (unpaired) electrons. The Morgan fingerprint density at radius 2 is 0.534 bits per heavy atom. The number of allylic oxidation sites excluding steroid dienone is 2. The highest BCUT2D eigenvalue weighted by atomic mass is 16.5. The molecule has 0 aliphatic rings. The second kappa shape index (κ2) is 78.0. The molecule has 524 valence electrons. The van der Waals surface area contributed by atoms with Crippen LogP contribution in [0.4, 0.5) is 0 Å². The first-order chi connectivity index (χ1) is 43.5. The Kier molecular flexibility index (Phi) is 76.8. The van der Waals surface area contributed by atoms with Crippen LogP contribution in [-0.2, 0) is 14.3 Å². The summed E-state index contributed by atoms with van der Waals surface area (Å²) in [5, 5.41) is 23.4. The molecule has 0 saturated heterocycles. The second-order valence-electron chi connectivity index (χ2n) is 28.5. The Morgan fingerprint density at radius 1 is 0.307 bits per heavy atom. The fraction of sp³-hybridized carbons (Fsp3) is 0.951. The van der Waals surface area contributed by atoms with Gasteiger partial charge in [-0.25, -0.2) is 0 Å². The predicted octanol–water partition coefficient (Wildman–Crippen LogP) is 27.1. The number of hydrogen-bond acceptors (Lipinski definition) is 5. The maximum absolute atomic E-state index is 12.6. The number of aliphatic hydroxyl groups excluding tert-OH is 2. The highest BCUT2D eigenvalue weighted by Gasteiger charge is 2.20. The van der Waals surface area contributed by atoms with Crippen molar-refractivity contribution in [1.82, 2.24) is 5.32 Å². The van der Waals surface area contributed by atoms with E-state index in [-0.39, 0.29) is 18.5 Å². The Hall–Kier alpha value is -1.40. The lowest BCUT2D eigenvalue weighted by atomic mass is 10.0. The van der Waals surface area contributed by atoms with E-state index in [2.05, 4.69) is 31.3 Å². The topological polar surface area (TPSA) is 95.9 Å². The standard InChI is InChI=1S/C82H161NO5/c1-3-5-7-9-11-13-15-17-19-21-22-40-43-46-50-54-58-62-66-70-74-80(85)79(78-84)83-81(86)75-71-67-63-59-55-51-47-44-41-38-36-34-32-30-28-26-24-23-25-27-29-31-33-35-37-39-42-45-49-53-57-61-65-69-73-77-88-82(87)76-72-68-64-60-56-52-48-20-18-16-14-12-10-8-6-4-2/h25,27,79-80,84-85H,3-24,26,28-78H2,1-2H3,(H,83,86)/b27-25-. The number of rotatable bonds is 78. The van der Waals surface area contributed by atoms with Crippen LogP contribution in [0.3, 0.4) is 0 Å². The molecule has 2 atom stereocenters. The SMILES string of the molecule is CCCCCCCCCCCCCCCCCCCCCCC(O)C(CO)NC(=O)CCCCCCCCCCCCCCCCCCC/C=C\CCCCCCCCCCCCCCCCOC(=O)CCCCCCCCCCCCCCCCCC. The average molecular weight is 1240 g/mol. The van der Waals surface area contributed by atoms with Crippen LogP contribution in [0.5, 0.6) is 0 Å². The van der Waals surface area contributed by atoms with Gasteiger partial charge in [0.05, 0.1) is 25.4 Å². The van der Waals surface area contributed by atoms with E-state index in [1.54, 1.807) is 0 Å². The van der Waals surface area contributed by atoms with Crippen LogP contribution in [0.2, 0.25) is 0 Å². The highest BCUT2D eigenvalue weighted by molar-refractivity contribution is 5.76. The van der Waals surface area contributed by atoms with Crippen molar-refractivity contribution in [2.24, 2.45) is 0 Å². The molecule has 0 aliphatic heterocycles. The monoisotopic (exact) mass is 1240 g/mol. The maximum atomic E-state index is 12.6. The van der Waals surface area contributed by atoms with Gasteiger partial charge in [0.15, 0.2) is 0 Å². The molecule has 0 aliphatic carbocycles. The van der Waals surface area contributed by atoms with Crippen molar-refractivity contribution in [1.29, 1.82) is 0 Å². The summed E-state index contributed by atoms with van der Waals surface area (Å²) < 4.78 is 5.51. The van der Waals surface area contributed by atoms with Crippen LogP contribution in [0.25, 0.3) is 0 Å². The number of esters is 1. The number of ether oxygens (including phenoxy) is 1. The summed E-state index contributed by atoms with van der Waals surface area (Å²) in [5.74, 6) is -0.000778. The quantitative estimate of drug-likeness (QED) is 0.0320. The minimum atomic E-state index is -0.662. The summed E-state index contributed by atoms with van der Waals surface area (Å²) in [4.78, 5) is 24.7. The van der Waals surface area contributed by atoms with Crippen molar-refractivity contribution in [3.63, 3.8) is 0 Å². The molecule has 1 amide bonds. The Balaban J connectivity index is 3.33. The molecular weight excluding hydrogens is 1080 g/mol. The van der Waals surface area contributed by atoms with Crippen LogP contribution >= 0.6 is 0 Å². The van der Waals surface area contributed by atoms with Gasteiger partial charge < -0.3 is 20.3 Å². The van der Waals surface area contributed by atoms with Gasteiger partial charge in [0.25, 0.3) is 0 Å². The van der Waals surface area contributed by atoms with E-state index in [0.29, 0.717) is 25.9 Å². The molecule has 88 heavy (non-hydrogen) atoms. The van der Waals surface area contributed by atoms with E-state index >= 15 is 0 Å². The van der Waals surface area contributed by atoms with Gasteiger partial charge in [-0.1, -0.05) is 424 Å². The van der Waals surface area contributed by atoms with E-state index in [4.69, 9.17) is 4.74 Å². The van der Waals surface area contributed by atoms with Crippen molar-refractivity contribution in [3.8, 4) is 0 Å². The third-order valence-corrected chi connectivity index (χ3v) is 19.6. The number of unbranched alkanes of at least 4 members (excludes halogenated alkanes) is 65. The fourth-order valence-corrected chi connectivity index (χ4v) is 13.3. The lowest BCUT2D eigenvalue weighted by Gasteiger charge is -2.22. The molecule has 0 rings (SSSR count). The van der Waals surface area contributed by atoms with E-state index in [9.17, 15) is 19.8 Å². The summed E-state index contributed by atoms with van der Waals surface area (Å²) in [5.41, 5.74) is 0. The minimum absolute atomic E-state index is 0.0250. The summed E-state index contributed by atoms with van der Waals surface area (Å²) in [6.45, 7) is 5.02. The molecule has 0 bridgehead atoms. The van der Waals surface area contributed by atoms with Crippen molar-refractivity contribution >= 4 is 11.9 Å². The van der Waals surface area contributed by atoms with Gasteiger partial charge in [0, 0.05) is 12.8 Å². The van der Waals surface area contributed by atoms with Crippen molar-refractivity contribution in [2.45, 2.75) is 488 Å². The molecule has 2 unspecified atom stereocenters. The molecular formula is C82H161NO5. The first-order valence-electron chi connectivity index (χ1n) is 40.9. The molecule has 0 aromatic rings. The third-order valence-electron chi connectivity index (χ3n) is 19.6. The van der Waals surface area contributed by atoms with Gasteiger partial charge in [0.1, 0.15) is 0 Å². The smallest absolute Gasteiger partial charge is 0.305 e. The molecule has 0 aromatic heterocycles. The normalized spacial score (nSPS) is 12.5. The Bertz CT molecular complexity index is 1340. The first-order valence-corrected chi connectivity index (χ1v) is 40.9. The molecule has 0 fully saturated rings. The van der Waals surface area contributed by atoms with Crippen LogP contribution in [0.1, 0.15) is 476 Å². The van der Waals surface area contributed by atoms with Crippen LogP contribution < -0.4 is 5.32 Å². The predicted molar refractivity (Wildman–Crippen MR) is 389 cm³/mol. The van der Waals surface area contributed by atoms with E-state index in [0.717, 1.165) is 38.5 Å². The summed E-state index contributed by atoms with van der Waals surface area (Å²) in [6, 6.07) is -0.539. The van der Waals surface area contributed by atoms with Gasteiger partial charge in [0.2, 0.25) is 5.91 Å².